The van der Waals surface area contributed by atoms with Crippen molar-refractivity contribution in [2.24, 2.45) is 5.73 Å². The lowest BCUT2D eigenvalue weighted by molar-refractivity contribution is 0.0242. The number of nitrogens with zero attached hydrogens (tertiary/aromatic N) is 1. The number of rotatable bonds is 10. The fourth-order valence-corrected chi connectivity index (χ4v) is 2.71. The van der Waals surface area contributed by atoms with Crippen LogP contribution in [0.1, 0.15) is 53.4 Å². The van der Waals surface area contributed by atoms with Crippen molar-refractivity contribution in [3.63, 3.8) is 0 Å². The van der Waals surface area contributed by atoms with E-state index in [-0.39, 0.29) is 5.54 Å². The van der Waals surface area contributed by atoms with E-state index in [9.17, 15) is 0 Å². The highest BCUT2D eigenvalue weighted by Gasteiger charge is 2.32. The van der Waals surface area contributed by atoms with Crippen LogP contribution >= 0.6 is 0 Å². The Balaban J connectivity index is 4.83. The van der Waals surface area contributed by atoms with Crippen LogP contribution in [0.2, 0.25) is 0 Å². The second-order valence-electron chi connectivity index (χ2n) is 5.11. The standard InChI is InChI=1S/C14H32N2O/c1-6-9-14(4,12-15)16(10-11-17-5)13(7-2)8-3/h13H,6-12,15H2,1-5H3. The molecule has 0 aliphatic heterocycles. The Hall–Kier alpha value is -0.120. The van der Waals surface area contributed by atoms with Gasteiger partial charge in [0.2, 0.25) is 0 Å². The molecule has 0 bridgehead atoms. The van der Waals surface area contributed by atoms with Gasteiger partial charge in [-0.15, -0.1) is 0 Å². The van der Waals surface area contributed by atoms with E-state index >= 15 is 0 Å². The Labute approximate surface area is 108 Å². The molecule has 104 valence electrons. The minimum Gasteiger partial charge on any atom is -0.383 e. The van der Waals surface area contributed by atoms with Gasteiger partial charge in [0.05, 0.1) is 6.61 Å². The SMILES string of the molecule is CCCC(C)(CN)N(CCOC)C(CC)CC. The highest BCUT2D eigenvalue weighted by atomic mass is 16.5. The van der Waals surface area contributed by atoms with E-state index in [2.05, 4.69) is 32.6 Å². The molecule has 0 spiro atoms. The van der Waals surface area contributed by atoms with Crippen LogP contribution in [0.15, 0.2) is 0 Å². The van der Waals surface area contributed by atoms with Crippen molar-refractivity contribution in [1.82, 2.24) is 4.90 Å². The van der Waals surface area contributed by atoms with Gasteiger partial charge in [-0.2, -0.15) is 0 Å². The molecule has 0 amide bonds. The Kier molecular flexibility index (Phi) is 8.83. The molecule has 0 aromatic carbocycles. The summed E-state index contributed by atoms with van der Waals surface area (Å²) in [4.78, 5) is 2.57. The third kappa shape index (κ3) is 4.94. The Morgan fingerprint density at radius 3 is 2.18 bits per heavy atom. The van der Waals surface area contributed by atoms with Gasteiger partial charge in [-0.25, -0.2) is 0 Å². The molecule has 0 fully saturated rings. The van der Waals surface area contributed by atoms with E-state index in [4.69, 9.17) is 10.5 Å². The minimum atomic E-state index is 0.115. The Bertz CT molecular complexity index is 183. The van der Waals surface area contributed by atoms with Crippen molar-refractivity contribution in [2.75, 3.05) is 26.8 Å². The first-order valence-electron chi connectivity index (χ1n) is 7.05. The van der Waals surface area contributed by atoms with Crippen molar-refractivity contribution in [3.8, 4) is 0 Å². The van der Waals surface area contributed by atoms with Gasteiger partial charge in [-0.3, -0.25) is 4.90 Å². The lowest BCUT2D eigenvalue weighted by Crippen LogP contribution is -2.56. The monoisotopic (exact) mass is 244 g/mol. The van der Waals surface area contributed by atoms with Gasteiger partial charge in [0.25, 0.3) is 0 Å². The predicted octanol–water partition coefficient (Wildman–Crippen LogP) is 2.64. The average molecular weight is 244 g/mol. The number of hydrogen-bond acceptors (Lipinski definition) is 3. The molecule has 3 nitrogen and oxygen atoms in total. The first-order chi connectivity index (χ1) is 8.09. The van der Waals surface area contributed by atoms with Gasteiger partial charge < -0.3 is 10.5 Å². The average Bonchev–Trinajstić information content (AvgIpc) is 2.34. The largest absolute Gasteiger partial charge is 0.383 e. The molecule has 0 aliphatic rings. The Morgan fingerprint density at radius 2 is 1.82 bits per heavy atom. The van der Waals surface area contributed by atoms with E-state index in [0.29, 0.717) is 6.04 Å². The van der Waals surface area contributed by atoms with Crippen molar-refractivity contribution >= 4 is 0 Å². The fraction of sp³-hybridized carbons (Fsp3) is 1.00. The molecule has 0 heterocycles. The first-order valence-corrected chi connectivity index (χ1v) is 7.05. The van der Waals surface area contributed by atoms with Crippen LogP contribution in [0.25, 0.3) is 0 Å². The van der Waals surface area contributed by atoms with Gasteiger partial charge in [0.15, 0.2) is 0 Å². The smallest absolute Gasteiger partial charge is 0.0590 e. The Morgan fingerprint density at radius 1 is 1.24 bits per heavy atom. The van der Waals surface area contributed by atoms with E-state index < -0.39 is 0 Å². The quantitative estimate of drug-likeness (QED) is 0.642. The van der Waals surface area contributed by atoms with Gasteiger partial charge in [0, 0.05) is 31.8 Å². The summed E-state index contributed by atoms with van der Waals surface area (Å²) in [5.41, 5.74) is 6.15. The molecule has 0 saturated carbocycles. The molecule has 0 aliphatic carbocycles. The summed E-state index contributed by atoms with van der Waals surface area (Å²) < 4.78 is 5.25. The van der Waals surface area contributed by atoms with E-state index in [0.717, 1.165) is 26.1 Å². The molecule has 0 aromatic heterocycles. The molecule has 1 unspecified atom stereocenters. The lowest BCUT2D eigenvalue weighted by atomic mass is 9.91. The van der Waals surface area contributed by atoms with Crippen molar-refractivity contribution < 1.29 is 4.74 Å². The summed E-state index contributed by atoms with van der Waals surface area (Å²) in [7, 11) is 1.77. The maximum absolute atomic E-state index is 6.03. The van der Waals surface area contributed by atoms with Gasteiger partial charge >= 0.3 is 0 Å². The first kappa shape index (κ1) is 16.9. The fourth-order valence-electron chi connectivity index (χ4n) is 2.71. The highest BCUT2D eigenvalue weighted by molar-refractivity contribution is 4.90. The molecule has 17 heavy (non-hydrogen) atoms. The summed E-state index contributed by atoms with van der Waals surface area (Å²) >= 11 is 0. The number of ether oxygens (including phenoxy) is 1. The number of nitrogens with two attached hydrogens (primary N) is 1. The predicted molar refractivity (Wildman–Crippen MR) is 75.3 cm³/mol. The minimum absolute atomic E-state index is 0.115. The number of methoxy groups -OCH3 is 1. The zero-order chi connectivity index (χ0) is 13.3. The molecular formula is C14H32N2O. The van der Waals surface area contributed by atoms with Crippen LogP contribution in [0, 0.1) is 0 Å². The van der Waals surface area contributed by atoms with Gasteiger partial charge in [0.1, 0.15) is 0 Å². The third-order valence-corrected chi connectivity index (χ3v) is 3.84. The topological polar surface area (TPSA) is 38.5 Å². The second kappa shape index (κ2) is 8.90. The van der Waals surface area contributed by atoms with Crippen LogP contribution in [0.3, 0.4) is 0 Å². The van der Waals surface area contributed by atoms with Crippen molar-refractivity contribution in [1.29, 1.82) is 0 Å². The molecule has 0 saturated heterocycles. The van der Waals surface area contributed by atoms with Crippen LogP contribution in [-0.2, 0) is 4.74 Å². The molecule has 1 atom stereocenters. The van der Waals surface area contributed by atoms with Gasteiger partial charge in [-0.1, -0.05) is 27.2 Å². The summed E-state index contributed by atoms with van der Waals surface area (Å²) in [5.74, 6) is 0. The van der Waals surface area contributed by atoms with E-state index in [1.165, 1.54) is 19.3 Å². The number of hydrogen-bond donors (Lipinski definition) is 1. The van der Waals surface area contributed by atoms with E-state index in [1.54, 1.807) is 7.11 Å². The zero-order valence-corrected chi connectivity index (χ0v) is 12.5. The van der Waals surface area contributed by atoms with Crippen LogP contribution in [0.4, 0.5) is 0 Å². The second-order valence-corrected chi connectivity index (χ2v) is 5.11. The molecular weight excluding hydrogens is 212 g/mol. The summed E-state index contributed by atoms with van der Waals surface area (Å²) in [6.07, 6.45) is 4.69. The van der Waals surface area contributed by atoms with Crippen LogP contribution in [-0.4, -0.2) is 43.3 Å². The van der Waals surface area contributed by atoms with Gasteiger partial charge in [-0.05, 0) is 26.2 Å². The summed E-state index contributed by atoms with van der Waals surface area (Å²) in [5, 5.41) is 0. The van der Waals surface area contributed by atoms with Crippen LogP contribution in [0.5, 0.6) is 0 Å². The molecule has 0 aromatic rings. The van der Waals surface area contributed by atoms with Crippen LogP contribution < -0.4 is 5.73 Å². The zero-order valence-electron chi connectivity index (χ0n) is 12.5. The summed E-state index contributed by atoms with van der Waals surface area (Å²) in [6.45, 7) is 11.5. The van der Waals surface area contributed by atoms with Crippen molar-refractivity contribution in [2.45, 2.75) is 65.0 Å². The lowest BCUT2D eigenvalue weighted by Gasteiger charge is -2.45. The van der Waals surface area contributed by atoms with E-state index in [1.807, 2.05) is 0 Å². The maximum atomic E-state index is 6.03. The molecule has 0 radical (unpaired) electrons. The third-order valence-electron chi connectivity index (χ3n) is 3.84. The molecule has 0 rings (SSSR count). The maximum Gasteiger partial charge on any atom is 0.0590 e. The van der Waals surface area contributed by atoms with Crippen molar-refractivity contribution in [3.05, 3.63) is 0 Å². The normalized spacial score (nSPS) is 15.5. The summed E-state index contributed by atoms with van der Waals surface area (Å²) in [6, 6.07) is 0.616. The highest BCUT2D eigenvalue weighted by Crippen LogP contribution is 2.25. The molecule has 3 heteroatoms. The molecule has 2 N–H and O–H groups in total.